The number of benzene rings is 1. The van der Waals surface area contributed by atoms with E-state index >= 15 is 0 Å². The standard InChI is InChI=1S/C25H27N11O9S3/c1-34-19(39)14(8-26-23(34)31-48(3,44)45)27-24(43)29-15(11-4-6-13(37)7-5-11)18(38)28-16-20(40)36-17(22(41)42)12(9-46-21(16)36)10-47-25-30-32-33-35(25)2/h4-8,15-16,21,37H,9-10H2,1-3H3,(H,26,31)(H,28,38)(H,41,42)(H2,27,29,43)/t15?,16?,21-/m0/s1. The van der Waals surface area contributed by atoms with E-state index in [4.69, 9.17) is 0 Å². The number of carbonyl (C=O) groups is 4. The van der Waals surface area contributed by atoms with Crippen LogP contribution in [0, 0.1) is 0 Å². The molecule has 23 heteroatoms. The van der Waals surface area contributed by atoms with Crippen molar-refractivity contribution < 1.29 is 37.8 Å². The van der Waals surface area contributed by atoms with Gasteiger partial charge >= 0.3 is 12.0 Å². The number of nitrogens with one attached hydrogen (secondary N) is 4. The number of fused-ring (bicyclic) bond motifs is 1. The molecular weight excluding hydrogens is 695 g/mol. The number of hydrogen-bond donors (Lipinski definition) is 6. The van der Waals surface area contributed by atoms with Crippen molar-refractivity contribution in [3.8, 4) is 5.75 Å². The predicted octanol–water partition coefficient (Wildman–Crippen LogP) is -1.23. The predicted molar refractivity (Wildman–Crippen MR) is 170 cm³/mol. The molecule has 3 aromatic rings. The number of urea groups is 1. The Morgan fingerprint density at radius 3 is 2.50 bits per heavy atom. The maximum absolute atomic E-state index is 13.6. The molecule has 2 unspecified atom stereocenters. The number of β-lactam (4-membered cyclic amide) rings is 1. The first-order valence-corrected chi connectivity index (χ1v) is 17.5. The van der Waals surface area contributed by atoms with E-state index < -0.39 is 56.9 Å². The van der Waals surface area contributed by atoms with Crippen LogP contribution in [0.25, 0.3) is 0 Å². The van der Waals surface area contributed by atoms with Crippen LogP contribution in [-0.2, 0) is 38.5 Å². The molecule has 254 valence electrons. The lowest BCUT2D eigenvalue weighted by Crippen LogP contribution is -2.71. The number of phenolic OH excluding ortho intramolecular Hbond substituents is 1. The van der Waals surface area contributed by atoms with Crippen LogP contribution in [0.1, 0.15) is 11.6 Å². The highest BCUT2D eigenvalue weighted by molar-refractivity contribution is 8.01. The van der Waals surface area contributed by atoms with E-state index in [2.05, 4.69) is 41.2 Å². The zero-order valence-corrected chi connectivity index (χ0v) is 27.6. The van der Waals surface area contributed by atoms with Gasteiger partial charge in [0.2, 0.25) is 27.0 Å². The molecule has 1 fully saturated rings. The van der Waals surface area contributed by atoms with Crippen LogP contribution in [0.2, 0.25) is 0 Å². The van der Waals surface area contributed by atoms with Gasteiger partial charge in [0.15, 0.2) is 0 Å². The molecule has 48 heavy (non-hydrogen) atoms. The van der Waals surface area contributed by atoms with Crippen molar-refractivity contribution in [3.63, 3.8) is 0 Å². The fourth-order valence-electron chi connectivity index (χ4n) is 4.67. The number of carboxylic acid groups (broad SMARTS) is 1. The Bertz CT molecular complexity index is 2000. The normalized spacial score (nSPS) is 18.0. The number of aromatic hydroxyl groups is 1. The number of tetrazole rings is 1. The number of aromatic nitrogens is 6. The third-order valence-electron chi connectivity index (χ3n) is 6.96. The van der Waals surface area contributed by atoms with Gasteiger partial charge in [-0.25, -0.2) is 27.7 Å². The number of carboxylic acids is 1. The number of hydrogen-bond acceptors (Lipinski definition) is 14. The Labute approximate surface area is 279 Å². The summed E-state index contributed by atoms with van der Waals surface area (Å²) >= 11 is 2.45. The molecule has 20 nitrogen and oxygen atoms in total. The summed E-state index contributed by atoms with van der Waals surface area (Å²) in [4.78, 5) is 69.8. The second-order valence-electron chi connectivity index (χ2n) is 10.4. The number of phenols is 1. The Morgan fingerprint density at radius 1 is 1.17 bits per heavy atom. The fraction of sp³-hybridized carbons (Fsp3) is 0.320. The minimum Gasteiger partial charge on any atom is -0.508 e. The molecule has 1 aromatic carbocycles. The second kappa shape index (κ2) is 13.5. The van der Waals surface area contributed by atoms with Crippen LogP contribution in [0.15, 0.2) is 51.7 Å². The van der Waals surface area contributed by atoms with E-state index in [0.29, 0.717) is 10.7 Å². The Hall–Kier alpha value is -5.16. The van der Waals surface area contributed by atoms with Gasteiger partial charge in [0.25, 0.3) is 11.5 Å². The summed E-state index contributed by atoms with van der Waals surface area (Å²) in [6, 6.07) is 1.65. The van der Waals surface area contributed by atoms with E-state index in [1.54, 1.807) is 7.05 Å². The lowest BCUT2D eigenvalue weighted by atomic mass is 10.0. The van der Waals surface area contributed by atoms with Crippen molar-refractivity contribution >= 4 is 69.0 Å². The average Bonchev–Trinajstić information content (AvgIpc) is 3.44. The zero-order valence-electron chi connectivity index (χ0n) is 25.1. The van der Waals surface area contributed by atoms with Gasteiger partial charge in [-0.05, 0) is 33.7 Å². The second-order valence-corrected chi connectivity index (χ2v) is 14.2. The van der Waals surface area contributed by atoms with Crippen molar-refractivity contribution in [2.45, 2.75) is 22.6 Å². The molecule has 0 saturated carbocycles. The largest absolute Gasteiger partial charge is 0.508 e. The molecule has 0 bridgehead atoms. The highest BCUT2D eigenvalue weighted by atomic mass is 32.2. The number of nitrogens with zero attached hydrogens (tertiary/aromatic N) is 7. The Balaban J connectivity index is 1.31. The topological polar surface area (TPSA) is 273 Å². The van der Waals surface area contributed by atoms with Crippen LogP contribution in [-0.4, -0.2) is 106 Å². The number of anilines is 2. The van der Waals surface area contributed by atoms with Crippen LogP contribution in [0.3, 0.4) is 0 Å². The quantitative estimate of drug-likeness (QED) is 0.1000. The number of sulfonamides is 1. The summed E-state index contributed by atoms with van der Waals surface area (Å²) < 4.78 is 27.4. The highest BCUT2D eigenvalue weighted by Crippen LogP contribution is 2.41. The maximum atomic E-state index is 13.6. The maximum Gasteiger partial charge on any atom is 0.352 e. The number of amides is 4. The van der Waals surface area contributed by atoms with E-state index in [0.717, 1.165) is 21.9 Å². The number of rotatable bonds is 11. The molecule has 0 aliphatic carbocycles. The molecule has 0 spiro atoms. The molecule has 1 saturated heterocycles. The SMILES string of the molecule is Cn1nnnc1SCC1=C(C(=O)O)N2C(=O)C(NC(=O)C(NC(=O)Nc3cnc(NS(C)(=O)=O)n(C)c3=O)c3ccc(O)cc3)[C@@H]2SC1. The van der Waals surface area contributed by atoms with Crippen molar-refractivity contribution in [3.05, 3.63) is 57.6 Å². The van der Waals surface area contributed by atoms with Crippen LogP contribution in [0.5, 0.6) is 5.75 Å². The molecule has 3 atom stereocenters. The summed E-state index contributed by atoms with van der Waals surface area (Å²) in [5, 5.41) is 37.8. The summed E-state index contributed by atoms with van der Waals surface area (Å²) in [6.45, 7) is 0. The van der Waals surface area contributed by atoms with Gasteiger partial charge in [-0.15, -0.1) is 16.9 Å². The van der Waals surface area contributed by atoms with Gasteiger partial charge in [-0.1, -0.05) is 23.9 Å². The monoisotopic (exact) mass is 721 g/mol. The molecule has 2 aromatic heterocycles. The lowest BCUT2D eigenvalue weighted by Gasteiger charge is -2.49. The van der Waals surface area contributed by atoms with Crippen LogP contribution in [0.4, 0.5) is 16.4 Å². The van der Waals surface area contributed by atoms with Crippen molar-refractivity contribution in [1.29, 1.82) is 0 Å². The highest BCUT2D eigenvalue weighted by Gasteiger charge is 2.54. The van der Waals surface area contributed by atoms with Gasteiger partial charge in [-0.3, -0.25) is 28.6 Å². The molecule has 5 rings (SSSR count). The van der Waals surface area contributed by atoms with Crippen molar-refractivity contribution in [1.82, 2.24) is 45.3 Å². The zero-order chi connectivity index (χ0) is 34.9. The third kappa shape index (κ3) is 7.21. The summed E-state index contributed by atoms with van der Waals surface area (Å²) in [6.07, 6.45) is 1.80. The smallest absolute Gasteiger partial charge is 0.352 e. The number of carbonyl (C=O) groups excluding carboxylic acids is 3. The average molecular weight is 722 g/mol. The molecule has 6 N–H and O–H groups in total. The van der Waals surface area contributed by atoms with Crippen LogP contribution >= 0.6 is 23.5 Å². The van der Waals surface area contributed by atoms with Crippen molar-refractivity contribution in [2.24, 2.45) is 14.1 Å². The minimum absolute atomic E-state index is 0.125. The molecule has 2 aliphatic heterocycles. The first kappa shape index (κ1) is 34.2. The molecule has 0 radical (unpaired) electrons. The number of thioether (sulfide) groups is 2. The first-order valence-electron chi connectivity index (χ1n) is 13.6. The third-order valence-corrected chi connectivity index (χ3v) is 9.95. The molecular formula is C25H27N11O9S3. The van der Waals surface area contributed by atoms with Crippen LogP contribution < -0.4 is 26.2 Å². The van der Waals surface area contributed by atoms with Gasteiger partial charge in [0.1, 0.15) is 34.6 Å². The first-order chi connectivity index (χ1) is 22.6. The number of aryl methyl sites for hydroxylation is 1. The summed E-state index contributed by atoms with van der Waals surface area (Å²) in [7, 11) is -0.898. The van der Waals surface area contributed by atoms with E-state index in [9.17, 15) is 42.6 Å². The molecule has 2 aliphatic rings. The van der Waals surface area contributed by atoms with Gasteiger partial charge in [0, 0.05) is 25.6 Å². The van der Waals surface area contributed by atoms with E-state index in [-0.39, 0.29) is 40.2 Å². The lowest BCUT2D eigenvalue weighted by molar-refractivity contribution is -0.150. The number of aliphatic carboxylic acids is 1. The Kier molecular flexibility index (Phi) is 9.63. The van der Waals surface area contributed by atoms with E-state index in [1.807, 2.05) is 0 Å². The summed E-state index contributed by atoms with van der Waals surface area (Å²) in [5.41, 5.74) is -0.699. The van der Waals surface area contributed by atoms with E-state index in [1.165, 1.54) is 59.5 Å². The van der Waals surface area contributed by atoms with Gasteiger partial charge < -0.3 is 26.2 Å². The van der Waals surface area contributed by atoms with Gasteiger partial charge in [0.05, 0.1) is 12.5 Å². The Morgan fingerprint density at radius 2 is 1.88 bits per heavy atom. The summed E-state index contributed by atoms with van der Waals surface area (Å²) in [5.74, 6) is -2.81. The molecule has 4 heterocycles. The molecule has 4 amide bonds. The minimum atomic E-state index is -3.76. The fourth-order valence-corrected chi connectivity index (χ4v) is 7.53. The van der Waals surface area contributed by atoms with Gasteiger partial charge in [-0.2, -0.15) is 0 Å². The van der Waals surface area contributed by atoms with Crippen molar-refractivity contribution in [2.75, 3.05) is 27.8 Å².